The lowest BCUT2D eigenvalue weighted by Crippen LogP contribution is -2.00. The Kier molecular flexibility index (Phi) is 3.76. The van der Waals surface area contributed by atoms with Crippen molar-refractivity contribution >= 4 is 11.0 Å². The van der Waals surface area contributed by atoms with Crippen molar-refractivity contribution in [3.8, 4) is 0 Å². The fraction of sp³-hybridized carbons (Fsp3) is 0.267. The zero-order chi connectivity index (χ0) is 12.1. The van der Waals surface area contributed by atoms with Gasteiger partial charge in [0.2, 0.25) is 0 Å². The molecule has 2 rings (SSSR count). The number of hydrogen-bond acceptors (Lipinski definition) is 2. The number of fused-ring (bicyclic) bond motifs is 1. The highest BCUT2D eigenvalue weighted by Crippen LogP contribution is 2.18. The van der Waals surface area contributed by atoms with Crippen LogP contribution in [0, 0.1) is 0 Å². The van der Waals surface area contributed by atoms with Crippen LogP contribution in [-0.4, -0.2) is 0 Å². The van der Waals surface area contributed by atoms with E-state index in [2.05, 4.69) is 12.2 Å². The second kappa shape index (κ2) is 5.48. The lowest BCUT2D eigenvalue weighted by atomic mass is 10.0. The molecule has 0 unspecified atom stereocenters. The zero-order valence-electron chi connectivity index (χ0n) is 9.98. The summed E-state index contributed by atoms with van der Waals surface area (Å²) < 4.78 is 5.16. The first-order valence-corrected chi connectivity index (χ1v) is 5.94. The molecular weight excluding hydrogens is 212 g/mol. The van der Waals surface area contributed by atoms with Gasteiger partial charge in [-0.25, -0.2) is 4.79 Å². The van der Waals surface area contributed by atoms with Gasteiger partial charge in [0.25, 0.3) is 0 Å². The predicted molar refractivity (Wildman–Crippen MR) is 70.2 cm³/mol. The monoisotopic (exact) mass is 228 g/mol. The molecule has 1 aromatic carbocycles. The number of hydrogen-bond donors (Lipinski definition) is 0. The highest BCUT2D eigenvalue weighted by atomic mass is 16.4. The van der Waals surface area contributed by atoms with E-state index < -0.39 is 0 Å². The minimum absolute atomic E-state index is 0.260. The Morgan fingerprint density at radius 1 is 1.29 bits per heavy atom. The number of unbranched alkanes of at least 4 members (excludes halogenated alkanes) is 1. The summed E-state index contributed by atoms with van der Waals surface area (Å²) in [6.45, 7) is 2.02. The van der Waals surface area contributed by atoms with Crippen LogP contribution in [0.25, 0.3) is 11.0 Å². The van der Waals surface area contributed by atoms with Crippen molar-refractivity contribution < 1.29 is 4.42 Å². The molecule has 1 aromatic heterocycles. The molecule has 0 aliphatic heterocycles. The molecule has 0 radical (unpaired) electrons. The Labute approximate surface area is 101 Å². The van der Waals surface area contributed by atoms with Gasteiger partial charge < -0.3 is 4.42 Å². The van der Waals surface area contributed by atoms with Crippen molar-refractivity contribution in [2.75, 3.05) is 0 Å². The van der Waals surface area contributed by atoms with Gasteiger partial charge in [-0.15, -0.1) is 0 Å². The topological polar surface area (TPSA) is 30.2 Å². The first-order chi connectivity index (χ1) is 8.31. The van der Waals surface area contributed by atoms with Crippen molar-refractivity contribution in [1.29, 1.82) is 0 Å². The standard InChI is InChI=1S/C15H16O2/c1-2-3-4-5-8-12-11-15(16)17-14-10-7-6-9-13(12)14/h2-3,6-7,9-11H,4-5,8H2,1H3/b3-2+. The van der Waals surface area contributed by atoms with E-state index in [9.17, 15) is 4.79 Å². The molecule has 0 amide bonds. The van der Waals surface area contributed by atoms with E-state index in [1.54, 1.807) is 6.07 Å². The van der Waals surface area contributed by atoms with Gasteiger partial charge in [0.15, 0.2) is 0 Å². The van der Waals surface area contributed by atoms with Crippen molar-refractivity contribution in [3.05, 3.63) is 58.5 Å². The second-order valence-electron chi connectivity index (χ2n) is 4.05. The van der Waals surface area contributed by atoms with Crippen molar-refractivity contribution in [2.45, 2.75) is 26.2 Å². The maximum atomic E-state index is 11.4. The second-order valence-corrected chi connectivity index (χ2v) is 4.05. The van der Waals surface area contributed by atoms with Gasteiger partial charge in [0.05, 0.1) is 0 Å². The molecule has 88 valence electrons. The normalized spacial score (nSPS) is 11.4. The van der Waals surface area contributed by atoms with Crippen LogP contribution >= 0.6 is 0 Å². The Hall–Kier alpha value is -1.83. The summed E-state index contributed by atoms with van der Waals surface area (Å²) in [7, 11) is 0. The van der Waals surface area contributed by atoms with Crippen molar-refractivity contribution in [1.82, 2.24) is 0 Å². The summed E-state index contributed by atoms with van der Waals surface area (Å²) in [5.41, 5.74) is 1.51. The van der Waals surface area contributed by atoms with Crippen LogP contribution in [0.4, 0.5) is 0 Å². The minimum atomic E-state index is -0.260. The van der Waals surface area contributed by atoms with E-state index in [1.165, 1.54) is 0 Å². The molecule has 0 aliphatic rings. The summed E-state index contributed by atoms with van der Waals surface area (Å²) in [4.78, 5) is 11.4. The van der Waals surface area contributed by atoms with E-state index in [1.807, 2.05) is 31.2 Å². The van der Waals surface area contributed by atoms with Crippen molar-refractivity contribution in [3.63, 3.8) is 0 Å². The Morgan fingerprint density at radius 2 is 2.12 bits per heavy atom. The highest BCUT2D eigenvalue weighted by molar-refractivity contribution is 5.79. The summed E-state index contributed by atoms with van der Waals surface area (Å²) in [6, 6.07) is 9.31. The average Bonchev–Trinajstić information content (AvgIpc) is 2.34. The van der Waals surface area contributed by atoms with Crippen LogP contribution in [0.1, 0.15) is 25.3 Å². The molecule has 0 N–H and O–H groups in total. The van der Waals surface area contributed by atoms with E-state index in [-0.39, 0.29) is 5.63 Å². The molecule has 0 saturated carbocycles. The van der Waals surface area contributed by atoms with Gasteiger partial charge in [-0.2, -0.15) is 0 Å². The van der Waals surface area contributed by atoms with Crippen molar-refractivity contribution in [2.24, 2.45) is 0 Å². The van der Waals surface area contributed by atoms with Crippen LogP contribution in [0.2, 0.25) is 0 Å². The van der Waals surface area contributed by atoms with E-state index in [0.717, 1.165) is 30.2 Å². The number of rotatable bonds is 4. The van der Waals surface area contributed by atoms with Gasteiger partial charge in [0, 0.05) is 11.5 Å². The fourth-order valence-corrected chi connectivity index (χ4v) is 1.96. The highest BCUT2D eigenvalue weighted by Gasteiger charge is 2.03. The molecule has 17 heavy (non-hydrogen) atoms. The van der Waals surface area contributed by atoms with Gasteiger partial charge in [0.1, 0.15) is 5.58 Å². The van der Waals surface area contributed by atoms with E-state index in [4.69, 9.17) is 4.42 Å². The number of benzene rings is 1. The maximum absolute atomic E-state index is 11.4. The molecular formula is C15H16O2. The Balaban J connectivity index is 2.29. The molecule has 0 fully saturated rings. The zero-order valence-corrected chi connectivity index (χ0v) is 9.98. The minimum Gasteiger partial charge on any atom is -0.423 e. The van der Waals surface area contributed by atoms with Gasteiger partial charge >= 0.3 is 5.63 Å². The maximum Gasteiger partial charge on any atom is 0.336 e. The van der Waals surface area contributed by atoms with Crippen LogP contribution < -0.4 is 5.63 Å². The number of aryl methyl sites for hydroxylation is 1. The van der Waals surface area contributed by atoms with E-state index >= 15 is 0 Å². The third-order valence-electron chi connectivity index (χ3n) is 2.79. The smallest absolute Gasteiger partial charge is 0.336 e. The van der Waals surface area contributed by atoms with E-state index in [0.29, 0.717) is 5.58 Å². The fourth-order valence-electron chi connectivity index (χ4n) is 1.96. The average molecular weight is 228 g/mol. The Bertz CT molecular complexity index is 579. The first kappa shape index (κ1) is 11.6. The third kappa shape index (κ3) is 2.84. The SMILES string of the molecule is C/C=C/CCCc1cc(=O)oc2ccccc12. The number of allylic oxidation sites excluding steroid dienone is 2. The van der Waals surface area contributed by atoms with Gasteiger partial charge in [-0.3, -0.25) is 0 Å². The number of para-hydroxylation sites is 1. The summed E-state index contributed by atoms with van der Waals surface area (Å²) in [6.07, 6.45) is 7.21. The lowest BCUT2D eigenvalue weighted by molar-refractivity contribution is 0.558. The summed E-state index contributed by atoms with van der Waals surface area (Å²) in [5, 5.41) is 1.05. The largest absolute Gasteiger partial charge is 0.423 e. The third-order valence-corrected chi connectivity index (χ3v) is 2.79. The molecule has 0 atom stereocenters. The summed E-state index contributed by atoms with van der Waals surface area (Å²) in [5.74, 6) is 0. The van der Waals surface area contributed by atoms with Gasteiger partial charge in [-0.1, -0.05) is 30.4 Å². The molecule has 2 aromatic rings. The molecule has 0 spiro atoms. The molecule has 0 aliphatic carbocycles. The lowest BCUT2D eigenvalue weighted by Gasteiger charge is -2.03. The van der Waals surface area contributed by atoms with Crippen LogP contribution in [0.5, 0.6) is 0 Å². The van der Waals surface area contributed by atoms with Crippen LogP contribution in [-0.2, 0) is 6.42 Å². The first-order valence-electron chi connectivity index (χ1n) is 5.94. The quantitative estimate of drug-likeness (QED) is 0.454. The van der Waals surface area contributed by atoms with Crippen LogP contribution in [0.3, 0.4) is 0 Å². The molecule has 2 nitrogen and oxygen atoms in total. The molecule has 0 saturated heterocycles. The molecule has 1 heterocycles. The predicted octanol–water partition coefficient (Wildman–Crippen LogP) is 3.69. The molecule has 0 bridgehead atoms. The van der Waals surface area contributed by atoms with Crippen LogP contribution in [0.15, 0.2) is 51.7 Å². The van der Waals surface area contributed by atoms with Gasteiger partial charge in [-0.05, 0) is 37.8 Å². The Morgan fingerprint density at radius 3 is 2.94 bits per heavy atom. The molecule has 2 heteroatoms. The summed E-state index contributed by atoms with van der Waals surface area (Å²) >= 11 is 0.